The van der Waals surface area contributed by atoms with Crippen molar-refractivity contribution in [2.24, 2.45) is 0 Å². The third-order valence-corrected chi connectivity index (χ3v) is 6.23. The Morgan fingerprint density at radius 1 is 1.09 bits per heavy atom. The Hall–Kier alpha value is -0.910. The van der Waals surface area contributed by atoms with Crippen LogP contribution in [0, 0.1) is 0 Å². The molecular formula is C10H17ClN2O7S2. The first-order valence-electron chi connectivity index (χ1n) is 6.25. The zero-order valence-corrected chi connectivity index (χ0v) is 14.4. The molecular weight excluding hydrogens is 360 g/mol. The van der Waals surface area contributed by atoms with Crippen LogP contribution in [0.5, 0.6) is 0 Å². The minimum atomic E-state index is -4.22. The molecule has 1 saturated heterocycles. The molecule has 128 valence electrons. The van der Waals surface area contributed by atoms with Gasteiger partial charge in [-0.2, -0.15) is 8.42 Å². The normalized spacial score (nSPS) is 19.1. The first kappa shape index (κ1) is 19.1. The van der Waals surface area contributed by atoms with Crippen LogP contribution < -0.4 is 0 Å². The van der Waals surface area contributed by atoms with Crippen molar-refractivity contribution in [3.8, 4) is 0 Å². The van der Waals surface area contributed by atoms with E-state index in [1.807, 2.05) is 0 Å². The van der Waals surface area contributed by atoms with Gasteiger partial charge in [-0.25, -0.2) is 17.6 Å². The molecule has 1 fully saturated rings. The molecule has 1 aliphatic heterocycles. The molecule has 0 saturated carbocycles. The highest BCUT2D eigenvalue weighted by Gasteiger charge is 2.51. The lowest BCUT2D eigenvalue weighted by atomic mass is 10.1. The van der Waals surface area contributed by atoms with Crippen molar-refractivity contribution in [3.05, 3.63) is 0 Å². The summed E-state index contributed by atoms with van der Waals surface area (Å²) in [5, 5.41) is 0. The third-order valence-electron chi connectivity index (χ3n) is 3.14. The van der Waals surface area contributed by atoms with E-state index in [9.17, 15) is 26.4 Å². The van der Waals surface area contributed by atoms with Crippen molar-refractivity contribution >= 4 is 43.7 Å². The van der Waals surface area contributed by atoms with Gasteiger partial charge in [0.05, 0.1) is 17.3 Å². The maximum Gasteiger partial charge on any atom is 0.342 e. The number of carbonyl (C=O) groups is 2. The van der Waals surface area contributed by atoms with E-state index in [2.05, 4.69) is 0 Å². The maximum absolute atomic E-state index is 12.0. The van der Waals surface area contributed by atoms with E-state index >= 15 is 0 Å². The molecule has 0 aromatic rings. The summed E-state index contributed by atoms with van der Waals surface area (Å²) in [5.74, 6) is -2.26. The SMILES string of the molecule is CC1(C)C(=O)N(CCS(=O)(=O)CCCS(=O)(=O)O)C(=O)N1Cl. The summed E-state index contributed by atoms with van der Waals surface area (Å²) >= 11 is 5.71. The molecule has 0 radical (unpaired) electrons. The predicted octanol–water partition coefficient (Wildman–Crippen LogP) is -0.124. The van der Waals surface area contributed by atoms with Crippen molar-refractivity contribution < 1.29 is 31.0 Å². The van der Waals surface area contributed by atoms with E-state index < -0.39 is 54.7 Å². The number of rotatable bonds is 7. The van der Waals surface area contributed by atoms with Crippen molar-refractivity contribution in [2.45, 2.75) is 25.8 Å². The Bertz CT molecular complexity index is 671. The van der Waals surface area contributed by atoms with Gasteiger partial charge in [0, 0.05) is 18.3 Å². The van der Waals surface area contributed by atoms with Crippen molar-refractivity contribution in [1.29, 1.82) is 0 Å². The van der Waals surface area contributed by atoms with E-state index in [1.54, 1.807) is 0 Å². The van der Waals surface area contributed by atoms with Crippen LogP contribution in [0.25, 0.3) is 0 Å². The van der Waals surface area contributed by atoms with Crippen LogP contribution in [-0.4, -0.2) is 72.0 Å². The number of imide groups is 1. The summed E-state index contributed by atoms with van der Waals surface area (Å²) in [6, 6.07) is -0.801. The molecule has 1 rings (SSSR count). The standard InChI is InChI=1S/C10H17ClN2O7S2/c1-10(2)8(14)12(9(15)13(10)11)4-7-21(16,17)5-3-6-22(18,19)20/h3-7H2,1-2H3,(H,18,19,20). The number of sulfone groups is 1. The van der Waals surface area contributed by atoms with Gasteiger partial charge in [0.15, 0.2) is 9.84 Å². The Morgan fingerprint density at radius 3 is 2.05 bits per heavy atom. The van der Waals surface area contributed by atoms with Crippen molar-refractivity contribution in [1.82, 2.24) is 9.32 Å². The van der Waals surface area contributed by atoms with Crippen molar-refractivity contribution in [2.75, 3.05) is 23.8 Å². The highest BCUT2D eigenvalue weighted by atomic mass is 35.5. The molecule has 0 atom stereocenters. The van der Waals surface area contributed by atoms with Crippen LogP contribution in [0.2, 0.25) is 0 Å². The summed E-state index contributed by atoms with van der Waals surface area (Å²) in [6.45, 7) is 2.50. The van der Waals surface area contributed by atoms with Crippen LogP contribution in [-0.2, 0) is 24.7 Å². The van der Waals surface area contributed by atoms with Gasteiger partial charge in [0.2, 0.25) is 0 Å². The topological polar surface area (TPSA) is 129 Å². The van der Waals surface area contributed by atoms with Gasteiger partial charge in [0.1, 0.15) is 5.54 Å². The van der Waals surface area contributed by atoms with Gasteiger partial charge in [-0.15, -0.1) is 0 Å². The van der Waals surface area contributed by atoms with Crippen LogP contribution >= 0.6 is 11.8 Å². The second-order valence-corrected chi connectivity index (χ2v) is 9.58. The van der Waals surface area contributed by atoms with E-state index in [1.165, 1.54) is 13.8 Å². The van der Waals surface area contributed by atoms with Gasteiger partial charge < -0.3 is 0 Å². The summed E-state index contributed by atoms with van der Waals surface area (Å²) in [4.78, 5) is 24.5. The van der Waals surface area contributed by atoms with Gasteiger partial charge in [-0.05, 0) is 20.3 Å². The number of amides is 3. The molecule has 1 heterocycles. The van der Waals surface area contributed by atoms with E-state index in [-0.39, 0.29) is 13.0 Å². The number of halogens is 1. The summed E-state index contributed by atoms with van der Waals surface area (Å²) in [5.41, 5.74) is -1.26. The second kappa shape index (κ2) is 6.30. The van der Waals surface area contributed by atoms with E-state index in [0.717, 1.165) is 4.90 Å². The lowest BCUT2D eigenvalue weighted by Gasteiger charge is -2.19. The molecule has 12 heteroatoms. The van der Waals surface area contributed by atoms with Crippen LogP contribution in [0.15, 0.2) is 0 Å². The third kappa shape index (κ3) is 4.54. The quantitative estimate of drug-likeness (QED) is 0.372. The van der Waals surface area contributed by atoms with Crippen LogP contribution in [0.1, 0.15) is 20.3 Å². The monoisotopic (exact) mass is 376 g/mol. The van der Waals surface area contributed by atoms with Gasteiger partial charge >= 0.3 is 6.03 Å². The molecule has 0 unspecified atom stereocenters. The molecule has 0 aromatic carbocycles. The minimum absolute atomic E-state index is 0.268. The average Bonchev–Trinajstić information content (AvgIpc) is 2.47. The molecule has 3 amide bonds. The first-order valence-corrected chi connectivity index (χ1v) is 10.0. The summed E-state index contributed by atoms with van der Waals surface area (Å²) < 4.78 is 53.8. The molecule has 9 nitrogen and oxygen atoms in total. The molecule has 0 aromatic heterocycles. The number of hydrogen-bond acceptors (Lipinski definition) is 6. The number of carbonyl (C=O) groups excluding carboxylic acids is 2. The smallest absolute Gasteiger partial charge is 0.286 e. The van der Waals surface area contributed by atoms with Gasteiger partial charge in [0.25, 0.3) is 16.0 Å². The second-order valence-electron chi connectivity index (χ2n) is 5.37. The van der Waals surface area contributed by atoms with Gasteiger partial charge in [-0.3, -0.25) is 14.2 Å². The number of urea groups is 1. The molecule has 1 N–H and O–H groups in total. The highest BCUT2D eigenvalue weighted by molar-refractivity contribution is 7.91. The Morgan fingerprint density at radius 2 is 1.64 bits per heavy atom. The zero-order chi connectivity index (χ0) is 17.3. The lowest BCUT2D eigenvalue weighted by molar-refractivity contribution is -0.130. The minimum Gasteiger partial charge on any atom is -0.286 e. The fraction of sp³-hybridized carbons (Fsp3) is 0.800. The highest BCUT2D eigenvalue weighted by Crippen LogP contribution is 2.29. The van der Waals surface area contributed by atoms with E-state index in [0.29, 0.717) is 4.42 Å². The molecule has 1 aliphatic rings. The zero-order valence-electron chi connectivity index (χ0n) is 12.0. The fourth-order valence-electron chi connectivity index (χ4n) is 1.84. The van der Waals surface area contributed by atoms with E-state index in [4.69, 9.17) is 16.3 Å². The van der Waals surface area contributed by atoms with Crippen LogP contribution in [0.4, 0.5) is 4.79 Å². The predicted molar refractivity (Wildman–Crippen MR) is 78.6 cm³/mol. The Balaban J connectivity index is 2.62. The number of nitrogens with zero attached hydrogens (tertiary/aromatic N) is 2. The molecule has 0 aliphatic carbocycles. The van der Waals surface area contributed by atoms with Crippen LogP contribution in [0.3, 0.4) is 0 Å². The number of hydrogen-bond donors (Lipinski definition) is 1. The largest absolute Gasteiger partial charge is 0.342 e. The summed E-state index contributed by atoms with van der Waals surface area (Å²) in [6.07, 6.45) is -0.268. The first-order chi connectivity index (χ1) is 9.78. The lowest BCUT2D eigenvalue weighted by Crippen LogP contribution is -2.40. The Kier molecular flexibility index (Phi) is 5.48. The molecule has 0 bridgehead atoms. The molecule has 22 heavy (non-hydrogen) atoms. The fourth-order valence-corrected chi connectivity index (χ4v) is 3.94. The van der Waals surface area contributed by atoms with Gasteiger partial charge in [-0.1, -0.05) is 0 Å². The van der Waals surface area contributed by atoms with Crippen molar-refractivity contribution in [3.63, 3.8) is 0 Å². The molecule has 0 spiro atoms. The maximum atomic E-state index is 12.0. The average molecular weight is 377 g/mol. The summed E-state index contributed by atoms with van der Waals surface area (Å²) in [7, 11) is -7.90. The Labute approximate surface area is 134 Å².